The van der Waals surface area contributed by atoms with Gasteiger partial charge < -0.3 is 5.32 Å². The summed E-state index contributed by atoms with van der Waals surface area (Å²) in [5, 5.41) is 3.10. The first-order valence-electron chi connectivity index (χ1n) is 7.21. The Kier molecular flexibility index (Phi) is 7.14. The summed E-state index contributed by atoms with van der Waals surface area (Å²) < 4.78 is 1.06. The maximum atomic E-state index is 12.3. The average Bonchev–Trinajstić information content (AvgIpc) is 2.40. The second kappa shape index (κ2) is 8.36. The van der Waals surface area contributed by atoms with E-state index in [2.05, 4.69) is 48.1 Å². The highest BCUT2D eigenvalue weighted by Gasteiger charge is 2.17. The number of amides is 1. The topological polar surface area (TPSA) is 29.1 Å². The van der Waals surface area contributed by atoms with Gasteiger partial charge in [0.2, 0.25) is 5.91 Å². The minimum atomic E-state index is 0.142. The standard InChI is InChI=1S/C16H24BrNO/c1-4-7-13(8-5-2)16(19)18-15-10-9-14(17)11-12(15)6-3/h9-11,13H,4-8H2,1-3H3,(H,18,19). The van der Waals surface area contributed by atoms with Crippen molar-refractivity contribution in [3.05, 3.63) is 28.2 Å². The zero-order valence-electron chi connectivity index (χ0n) is 12.1. The molecule has 0 aliphatic rings. The summed E-state index contributed by atoms with van der Waals surface area (Å²) in [6, 6.07) is 6.03. The van der Waals surface area contributed by atoms with Gasteiger partial charge in [0.05, 0.1) is 0 Å². The third kappa shape index (κ3) is 4.98. The zero-order valence-corrected chi connectivity index (χ0v) is 13.7. The maximum Gasteiger partial charge on any atom is 0.227 e. The number of aryl methyl sites for hydroxylation is 1. The van der Waals surface area contributed by atoms with Crippen molar-refractivity contribution >= 4 is 27.5 Å². The summed E-state index contributed by atoms with van der Waals surface area (Å²) in [6.45, 7) is 6.37. The number of halogens is 1. The highest BCUT2D eigenvalue weighted by molar-refractivity contribution is 9.10. The van der Waals surface area contributed by atoms with Crippen LogP contribution in [0, 0.1) is 5.92 Å². The van der Waals surface area contributed by atoms with Gasteiger partial charge >= 0.3 is 0 Å². The van der Waals surface area contributed by atoms with E-state index in [1.165, 1.54) is 5.56 Å². The van der Waals surface area contributed by atoms with E-state index in [0.29, 0.717) is 0 Å². The van der Waals surface area contributed by atoms with E-state index >= 15 is 0 Å². The number of carbonyl (C=O) groups is 1. The molecule has 0 aliphatic carbocycles. The molecule has 1 N–H and O–H groups in total. The van der Waals surface area contributed by atoms with Gasteiger partial charge in [-0.25, -0.2) is 0 Å². The Morgan fingerprint density at radius 3 is 2.37 bits per heavy atom. The molecular formula is C16H24BrNO. The molecule has 1 aromatic rings. The zero-order chi connectivity index (χ0) is 14.3. The fraction of sp³-hybridized carbons (Fsp3) is 0.562. The molecule has 2 nitrogen and oxygen atoms in total. The highest BCUT2D eigenvalue weighted by atomic mass is 79.9. The summed E-state index contributed by atoms with van der Waals surface area (Å²) >= 11 is 3.47. The molecule has 0 unspecified atom stereocenters. The van der Waals surface area contributed by atoms with Crippen molar-refractivity contribution in [1.29, 1.82) is 0 Å². The van der Waals surface area contributed by atoms with Crippen LogP contribution in [-0.4, -0.2) is 5.91 Å². The van der Waals surface area contributed by atoms with Crippen LogP contribution < -0.4 is 5.32 Å². The SMILES string of the molecule is CCCC(CCC)C(=O)Nc1ccc(Br)cc1CC. The van der Waals surface area contributed by atoms with E-state index < -0.39 is 0 Å². The van der Waals surface area contributed by atoms with Gasteiger partial charge in [-0.1, -0.05) is 49.5 Å². The quantitative estimate of drug-likeness (QED) is 0.736. The minimum Gasteiger partial charge on any atom is -0.326 e. The van der Waals surface area contributed by atoms with E-state index in [4.69, 9.17) is 0 Å². The van der Waals surface area contributed by atoms with Gasteiger partial charge in [-0.2, -0.15) is 0 Å². The fourth-order valence-corrected chi connectivity index (χ4v) is 2.72. The van der Waals surface area contributed by atoms with Crippen molar-refractivity contribution < 1.29 is 4.79 Å². The van der Waals surface area contributed by atoms with Gasteiger partial charge in [0.1, 0.15) is 0 Å². The van der Waals surface area contributed by atoms with Crippen LogP contribution >= 0.6 is 15.9 Å². The molecule has 0 aliphatic heterocycles. The molecule has 0 spiro atoms. The van der Waals surface area contributed by atoms with Crippen molar-refractivity contribution in [2.45, 2.75) is 52.9 Å². The monoisotopic (exact) mass is 325 g/mol. The Balaban J connectivity index is 2.79. The van der Waals surface area contributed by atoms with Crippen LogP contribution in [0.1, 0.15) is 52.0 Å². The van der Waals surface area contributed by atoms with Gasteiger partial charge in [0, 0.05) is 16.1 Å². The number of carbonyl (C=O) groups excluding carboxylic acids is 1. The lowest BCUT2D eigenvalue weighted by Crippen LogP contribution is -2.23. The van der Waals surface area contributed by atoms with Crippen LogP contribution in [-0.2, 0) is 11.2 Å². The Morgan fingerprint density at radius 2 is 1.84 bits per heavy atom. The second-order valence-electron chi connectivity index (χ2n) is 4.92. The molecule has 1 aromatic carbocycles. The predicted octanol–water partition coefficient (Wildman–Crippen LogP) is 5.17. The Labute approximate surface area is 125 Å². The second-order valence-corrected chi connectivity index (χ2v) is 5.83. The summed E-state index contributed by atoms with van der Waals surface area (Å²) in [6.07, 6.45) is 4.97. The van der Waals surface area contributed by atoms with Crippen LogP contribution in [0.15, 0.2) is 22.7 Å². The van der Waals surface area contributed by atoms with E-state index in [1.807, 2.05) is 12.1 Å². The molecular weight excluding hydrogens is 302 g/mol. The Bertz CT molecular complexity index is 411. The molecule has 0 radical (unpaired) electrons. The first-order chi connectivity index (χ1) is 9.12. The molecule has 106 valence electrons. The smallest absolute Gasteiger partial charge is 0.227 e. The van der Waals surface area contributed by atoms with Gasteiger partial charge in [-0.3, -0.25) is 4.79 Å². The summed E-state index contributed by atoms with van der Waals surface area (Å²) in [5.41, 5.74) is 2.13. The first kappa shape index (κ1) is 16.2. The normalized spacial score (nSPS) is 10.8. The Hall–Kier alpha value is -0.830. The third-order valence-electron chi connectivity index (χ3n) is 3.35. The third-order valence-corrected chi connectivity index (χ3v) is 3.84. The molecule has 1 rings (SSSR count). The molecule has 0 saturated heterocycles. The van der Waals surface area contributed by atoms with Gasteiger partial charge in [-0.05, 0) is 43.0 Å². The van der Waals surface area contributed by atoms with Crippen molar-refractivity contribution in [3.8, 4) is 0 Å². The van der Waals surface area contributed by atoms with E-state index in [9.17, 15) is 4.79 Å². The highest BCUT2D eigenvalue weighted by Crippen LogP contribution is 2.23. The molecule has 0 aromatic heterocycles. The number of hydrogen-bond donors (Lipinski definition) is 1. The van der Waals surface area contributed by atoms with Crippen LogP contribution in [0.5, 0.6) is 0 Å². The lowest BCUT2D eigenvalue weighted by atomic mass is 9.97. The molecule has 0 atom stereocenters. The lowest BCUT2D eigenvalue weighted by Gasteiger charge is -2.17. The molecule has 0 fully saturated rings. The van der Waals surface area contributed by atoms with Crippen LogP contribution in [0.3, 0.4) is 0 Å². The summed E-state index contributed by atoms with van der Waals surface area (Å²) in [7, 11) is 0. The largest absolute Gasteiger partial charge is 0.326 e. The number of benzene rings is 1. The Morgan fingerprint density at radius 1 is 1.21 bits per heavy atom. The van der Waals surface area contributed by atoms with Crippen LogP contribution in [0.4, 0.5) is 5.69 Å². The van der Waals surface area contributed by atoms with Crippen LogP contribution in [0.25, 0.3) is 0 Å². The van der Waals surface area contributed by atoms with Crippen molar-refractivity contribution in [3.63, 3.8) is 0 Å². The lowest BCUT2D eigenvalue weighted by molar-refractivity contribution is -0.120. The number of nitrogens with one attached hydrogen (secondary N) is 1. The van der Waals surface area contributed by atoms with Gasteiger partial charge in [-0.15, -0.1) is 0 Å². The van der Waals surface area contributed by atoms with E-state index in [0.717, 1.165) is 42.3 Å². The van der Waals surface area contributed by atoms with Crippen molar-refractivity contribution in [1.82, 2.24) is 0 Å². The molecule has 19 heavy (non-hydrogen) atoms. The van der Waals surface area contributed by atoms with Gasteiger partial charge in [0.25, 0.3) is 0 Å². The molecule has 0 bridgehead atoms. The minimum absolute atomic E-state index is 0.142. The molecule has 0 heterocycles. The number of rotatable bonds is 7. The van der Waals surface area contributed by atoms with Crippen molar-refractivity contribution in [2.75, 3.05) is 5.32 Å². The maximum absolute atomic E-state index is 12.3. The number of anilines is 1. The van der Waals surface area contributed by atoms with E-state index in [1.54, 1.807) is 0 Å². The fourth-order valence-electron chi connectivity index (χ4n) is 2.31. The molecule has 3 heteroatoms. The molecule has 1 amide bonds. The van der Waals surface area contributed by atoms with Crippen LogP contribution in [0.2, 0.25) is 0 Å². The van der Waals surface area contributed by atoms with Crippen molar-refractivity contribution in [2.24, 2.45) is 5.92 Å². The average molecular weight is 326 g/mol. The molecule has 0 saturated carbocycles. The summed E-state index contributed by atoms with van der Waals surface area (Å²) in [5.74, 6) is 0.309. The van der Waals surface area contributed by atoms with E-state index in [-0.39, 0.29) is 11.8 Å². The predicted molar refractivity (Wildman–Crippen MR) is 85.5 cm³/mol. The van der Waals surface area contributed by atoms with Gasteiger partial charge in [0.15, 0.2) is 0 Å². The first-order valence-corrected chi connectivity index (χ1v) is 8.00. The summed E-state index contributed by atoms with van der Waals surface area (Å²) in [4.78, 5) is 12.3. The number of hydrogen-bond acceptors (Lipinski definition) is 1.